The third-order valence-electron chi connectivity index (χ3n) is 4.22. The van der Waals surface area contributed by atoms with Crippen LogP contribution in [0.25, 0.3) is 0 Å². The van der Waals surface area contributed by atoms with Gasteiger partial charge in [0.05, 0.1) is 12.8 Å². The third-order valence-corrected chi connectivity index (χ3v) is 4.46. The molecule has 1 aliphatic rings. The number of methoxy groups -OCH3 is 1. The lowest BCUT2D eigenvalue weighted by molar-refractivity contribution is -0.125. The Hall–Kier alpha value is -2.53. The number of benzene rings is 2. The highest BCUT2D eigenvalue weighted by molar-refractivity contribution is 6.31. The van der Waals surface area contributed by atoms with E-state index in [1.165, 1.54) is 7.11 Å². The Kier molecular flexibility index (Phi) is 4.95. The zero-order valence-corrected chi connectivity index (χ0v) is 14.8. The van der Waals surface area contributed by atoms with Crippen LogP contribution < -0.4 is 15.0 Å². The van der Waals surface area contributed by atoms with Crippen molar-refractivity contribution in [2.75, 3.05) is 17.3 Å². The van der Waals surface area contributed by atoms with Gasteiger partial charge in [-0.1, -0.05) is 29.8 Å². The molecule has 0 bridgehead atoms. The highest BCUT2D eigenvalue weighted by atomic mass is 35.5. The fraction of sp³-hybridized carbons (Fsp3) is 0.263. The Balaban J connectivity index is 1.72. The number of fused-ring (bicyclic) bond motifs is 1. The average Bonchev–Trinajstić information content (AvgIpc) is 2.90. The molecule has 3 rings (SSSR count). The summed E-state index contributed by atoms with van der Waals surface area (Å²) in [4.78, 5) is 26.7. The molecule has 0 radical (unpaired) electrons. The standard InChI is InChI=1S/C19H19ClN2O3/c1-12-9-13-5-3-4-6-16(13)22(12)19(24)11-18(23)21-15-10-14(20)7-8-17(15)25-2/h3-8,10,12H,9,11H2,1-2H3,(H,21,23). The SMILES string of the molecule is COc1ccc(Cl)cc1NC(=O)CC(=O)N1c2ccccc2CC1C. The second-order valence-corrected chi connectivity index (χ2v) is 6.45. The van der Waals surface area contributed by atoms with E-state index in [-0.39, 0.29) is 18.4 Å². The monoisotopic (exact) mass is 358 g/mol. The number of hydrogen-bond donors (Lipinski definition) is 1. The normalized spacial score (nSPS) is 15.6. The Morgan fingerprint density at radius 2 is 2.04 bits per heavy atom. The fourth-order valence-electron chi connectivity index (χ4n) is 3.14. The summed E-state index contributed by atoms with van der Waals surface area (Å²) in [5.41, 5.74) is 2.45. The smallest absolute Gasteiger partial charge is 0.236 e. The van der Waals surface area contributed by atoms with E-state index in [4.69, 9.17) is 16.3 Å². The van der Waals surface area contributed by atoms with E-state index < -0.39 is 5.91 Å². The molecule has 0 aromatic heterocycles. The summed E-state index contributed by atoms with van der Waals surface area (Å²) in [5, 5.41) is 3.18. The van der Waals surface area contributed by atoms with Crippen molar-refractivity contribution >= 4 is 34.8 Å². The van der Waals surface area contributed by atoms with Crippen LogP contribution >= 0.6 is 11.6 Å². The van der Waals surface area contributed by atoms with E-state index in [0.717, 1.165) is 17.7 Å². The molecule has 1 N–H and O–H groups in total. The third kappa shape index (κ3) is 3.61. The number of nitrogens with zero attached hydrogens (tertiary/aromatic N) is 1. The molecular weight excluding hydrogens is 340 g/mol. The van der Waals surface area contributed by atoms with Gasteiger partial charge in [-0.2, -0.15) is 0 Å². The fourth-order valence-corrected chi connectivity index (χ4v) is 3.31. The second-order valence-electron chi connectivity index (χ2n) is 6.02. The minimum atomic E-state index is -0.401. The molecule has 2 amide bonds. The highest BCUT2D eigenvalue weighted by Crippen LogP contribution is 2.32. The maximum absolute atomic E-state index is 12.6. The van der Waals surface area contributed by atoms with Gasteiger partial charge in [-0.3, -0.25) is 9.59 Å². The summed E-state index contributed by atoms with van der Waals surface area (Å²) in [6, 6.07) is 12.7. The van der Waals surface area contributed by atoms with Gasteiger partial charge in [0.1, 0.15) is 12.2 Å². The highest BCUT2D eigenvalue weighted by Gasteiger charge is 2.31. The number of halogens is 1. The summed E-state index contributed by atoms with van der Waals surface area (Å²) in [7, 11) is 1.51. The van der Waals surface area contributed by atoms with Crippen molar-refractivity contribution in [3.63, 3.8) is 0 Å². The first kappa shape index (κ1) is 17.3. The van der Waals surface area contributed by atoms with Gasteiger partial charge in [0.15, 0.2) is 0 Å². The Labute approximate surface area is 151 Å². The van der Waals surface area contributed by atoms with Gasteiger partial charge in [-0.15, -0.1) is 0 Å². The van der Waals surface area contributed by atoms with E-state index in [2.05, 4.69) is 5.32 Å². The van der Waals surface area contributed by atoms with Crippen LogP contribution in [0.5, 0.6) is 5.75 Å². The summed E-state index contributed by atoms with van der Waals surface area (Å²) < 4.78 is 5.20. The Morgan fingerprint density at radius 3 is 2.80 bits per heavy atom. The van der Waals surface area contributed by atoms with Crippen LogP contribution in [0, 0.1) is 0 Å². The van der Waals surface area contributed by atoms with Crippen LogP contribution in [0.4, 0.5) is 11.4 Å². The molecule has 0 fully saturated rings. The van der Waals surface area contributed by atoms with Gasteiger partial charge in [-0.05, 0) is 43.2 Å². The number of nitrogens with one attached hydrogen (secondary N) is 1. The van der Waals surface area contributed by atoms with E-state index in [1.54, 1.807) is 23.1 Å². The molecule has 1 unspecified atom stereocenters. The van der Waals surface area contributed by atoms with E-state index in [1.807, 2.05) is 31.2 Å². The van der Waals surface area contributed by atoms with Crippen molar-refractivity contribution in [1.82, 2.24) is 0 Å². The number of rotatable bonds is 4. The van der Waals surface area contributed by atoms with Gasteiger partial charge in [0, 0.05) is 16.8 Å². The van der Waals surface area contributed by atoms with Gasteiger partial charge < -0.3 is 15.0 Å². The minimum Gasteiger partial charge on any atom is -0.495 e. The Morgan fingerprint density at radius 1 is 1.28 bits per heavy atom. The van der Waals surface area contributed by atoms with Crippen molar-refractivity contribution in [2.45, 2.75) is 25.8 Å². The lowest BCUT2D eigenvalue weighted by Crippen LogP contribution is -2.37. The number of amides is 2. The summed E-state index contributed by atoms with van der Waals surface area (Å²) in [5.74, 6) is -0.136. The zero-order valence-electron chi connectivity index (χ0n) is 14.1. The molecule has 130 valence electrons. The summed E-state index contributed by atoms with van der Waals surface area (Å²) in [6.07, 6.45) is 0.556. The lowest BCUT2D eigenvalue weighted by Gasteiger charge is -2.22. The topological polar surface area (TPSA) is 58.6 Å². The van der Waals surface area contributed by atoms with Crippen molar-refractivity contribution in [3.05, 3.63) is 53.1 Å². The minimum absolute atomic E-state index is 0.0402. The maximum Gasteiger partial charge on any atom is 0.236 e. The quantitative estimate of drug-likeness (QED) is 0.848. The molecule has 0 spiro atoms. The van der Waals surface area contributed by atoms with E-state index in [9.17, 15) is 9.59 Å². The van der Waals surface area contributed by atoms with E-state index >= 15 is 0 Å². The molecule has 6 heteroatoms. The first-order valence-electron chi connectivity index (χ1n) is 8.03. The van der Waals surface area contributed by atoms with Crippen LogP contribution in [0.3, 0.4) is 0 Å². The molecule has 1 atom stereocenters. The van der Waals surface area contributed by atoms with Crippen LogP contribution in [-0.4, -0.2) is 25.0 Å². The molecule has 0 saturated carbocycles. The first-order valence-corrected chi connectivity index (χ1v) is 8.40. The molecule has 2 aromatic carbocycles. The molecule has 0 saturated heterocycles. The molecule has 5 nitrogen and oxygen atoms in total. The number of para-hydroxylation sites is 1. The van der Waals surface area contributed by atoms with Gasteiger partial charge >= 0.3 is 0 Å². The number of carbonyl (C=O) groups is 2. The zero-order chi connectivity index (χ0) is 18.0. The molecule has 1 heterocycles. The van der Waals surface area contributed by atoms with Crippen LogP contribution in [-0.2, 0) is 16.0 Å². The van der Waals surface area contributed by atoms with E-state index in [0.29, 0.717) is 16.5 Å². The van der Waals surface area contributed by atoms with Crippen molar-refractivity contribution < 1.29 is 14.3 Å². The Bertz CT molecular complexity index is 822. The number of hydrogen-bond acceptors (Lipinski definition) is 3. The predicted octanol–water partition coefficient (Wildman–Crippen LogP) is 3.66. The van der Waals surface area contributed by atoms with Gasteiger partial charge in [-0.25, -0.2) is 0 Å². The summed E-state index contributed by atoms with van der Waals surface area (Å²) >= 11 is 5.96. The number of anilines is 2. The number of carbonyl (C=O) groups excluding carboxylic acids is 2. The van der Waals surface area contributed by atoms with Gasteiger partial charge in [0.2, 0.25) is 11.8 Å². The first-order chi connectivity index (χ1) is 12.0. The van der Waals surface area contributed by atoms with Crippen LogP contribution in [0.15, 0.2) is 42.5 Å². The predicted molar refractivity (Wildman–Crippen MR) is 98.3 cm³/mol. The molecule has 2 aromatic rings. The van der Waals surface area contributed by atoms with Crippen LogP contribution in [0.1, 0.15) is 18.9 Å². The molecule has 0 aliphatic carbocycles. The van der Waals surface area contributed by atoms with Crippen molar-refractivity contribution in [2.24, 2.45) is 0 Å². The summed E-state index contributed by atoms with van der Waals surface area (Å²) in [6.45, 7) is 1.98. The lowest BCUT2D eigenvalue weighted by atomic mass is 10.1. The molecule has 1 aliphatic heterocycles. The number of ether oxygens (including phenoxy) is 1. The molecular formula is C19H19ClN2O3. The van der Waals surface area contributed by atoms with Crippen molar-refractivity contribution in [3.8, 4) is 5.75 Å². The largest absolute Gasteiger partial charge is 0.495 e. The average molecular weight is 359 g/mol. The molecule has 25 heavy (non-hydrogen) atoms. The maximum atomic E-state index is 12.6. The van der Waals surface area contributed by atoms with Gasteiger partial charge in [0.25, 0.3) is 0 Å². The van der Waals surface area contributed by atoms with Crippen molar-refractivity contribution in [1.29, 1.82) is 0 Å². The second kappa shape index (κ2) is 7.15. The van der Waals surface area contributed by atoms with Crippen LogP contribution in [0.2, 0.25) is 5.02 Å².